The first-order valence-corrected chi connectivity index (χ1v) is 10.3. The van der Waals surface area contributed by atoms with Crippen LogP contribution in [0, 0.1) is 5.82 Å². The second kappa shape index (κ2) is 7.72. The maximum atomic E-state index is 14.0. The summed E-state index contributed by atoms with van der Waals surface area (Å²) in [7, 11) is 1.84. The van der Waals surface area contributed by atoms with Crippen molar-refractivity contribution in [3.63, 3.8) is 0 Å². The Morgan fingerprint density at radius 3 is 2.70 bits per heavy atom. The summed E-state index contributed by atoms with van der Waals surface area (Å²) in [4.78, 5) is 15.4. The molecule has 0 saturated carbocycles. The van der Waals surface area contributed by atoms with Gasteiger partial charge in [-0.2, -0.15) is 5.10 Å². The first-order chi connectivity index (χ1) is 14.6. The zero-order valence-electron chi connectivity index (χ0n) is 16.8. The average molecular weight is 409 g/mol. The van der Waals surface area contributed by atoms with E-state index in [0.717, 1.165) is 18.4 Å². The normalized spacial score (nSPS) is 23.3. The summed E-state index contributed by atoms with van der Waals surface area (Å²) < 4.78 is 25.4. The Hall–Kier alpha value is -2.93. The van der Waals surface area contributed by atoms with Crippen molar-refractivity contribution in [2.45, 2.75) is 30.8 Å². The third kappa shape index (κ3) is 3.23. The maximum absolute atomic E-state index is 14.0. The lowest BCUT2D eigenvalue weighted by Gasteiger charge is -2.34. The van der Waals surface area contributed by atoms with Gasteiger partial charge >= 0.3 is 0 Å². The van der Waals surface area contributed by atoms with Crippen molar-refractivity contribution in [3.8, 4) is 5.75 Å². The molecule has 2 aromatic rings. The van der Waals surface area contributed by atoms with Gasteiger partial charge in [0, 0.05) is 32.4 Å². The molecule has 3 heterocycles. The van der Waals surface area contributed by atoms with Gasteiger partial charge in [0.15, 0.2) is 0 Å². The molecule has 0 bridgehead atoms. The van der Waals surface area contributed by atoms with E-state index in [1.54, 1.807) is 16.0 Å². The minimum atomic E-state index is -0.358. The Morgan fingerprint density at radius 1 is 1.17 bits per heavy atom. The number of benzene rings is 2. The topological polar surface area (TPSA) is 54.4 Å². The van der Waals surface area contributed by atoms with E-state index in [1.807, 2.05) is 37.4 Å². The molecule has 3 aliphatic heterocycles. The SMILES string of the molecule is CN(C(=O)C1=NN2c3cc(F)ccc3OC[C@H]2[C@H]1c1ccccc1)C1CCOCC1. The summed E-state index contributed by atoms with van der Waals surface area (Å²) in [5.41, 5.74) is 2.03. The summed E-state index contributed by atoms with van der Waals surface area (Å²) in [6.07, 6.45) is 1.63. The van der Waals surface area contributed by atoms with Gasteiger partial charge < -0.3 is 14.4 Å². The van der Waals surface area contributed by atoms with E-state index in [9.17, 15) is 9.18 Å². The van der Waals surface area contributed by atoms with Crippen LogP contribution in [0.5, 0.6) is 5.75 Å². The smallest absolute Gasteiger partial charge is 0.270 e. The highest BCUT2D eigenvalue weighted by molar-refractivity contribution is 6.42. The lowest BCUT2D eigenvalue weighted by molar-refractivity contribution is -0.126. The predicted molar refractivity (Wildman–Crippen MR) is 111 cm³/mol. The third-order valence-electron chi connectivity index (χ3n) is 6.22. The molecule has 0 aromatic heterocycles. The van der Waals surface area contributed by atoms with Gasteiger partial charge in [0.2, 0.25) is 0 Å². The highest BCUT2D eigenvalue weighted by atomic mass is 19.1. The Labute approximate surface area is 174 Å². The van der Waals surface area contributed by atoms with Crippen LogP contribution in [0.25, 0.3) is 0 Å². The van der Waals surface area contributed by atoms with Crippen LogP contribution in [-0.4, -0.2) is 55.5 Å². The van der Waals surface area contributed by atoms with Crippen LogP contribution in [0.3, 0.4) is 0 Å². The molecule has 5 rings (SSSR count). The molecule has 0 unspecified atom stereocenters. The monoisotopic (exact) mass is 409 g/mol. The Kier molecular flexibility index (Phi) is 4.90. The number of nitrogens with zero attached hydrogens (tertiary/aromatic N) is 3. The molecule has 1 fully saturated rings. The van der Waals surface area contributed by atoms with Crippen molar-refractivity contribution in [3.05, 3.63) is 59.9 Å². The van der Waals surface area contributed by atoms with Crippen LogP contribution in [0.2, 0.25) is 0 Å². The largest absolute Gasteiger partial charge is 0.489 e. The second-order valence-corrected chi connectivity index (χ2v) is 7.97. The van der Waals surface area contributed by atoms with Crippen molar-refractivity contribution in [2.24, 2.45) is 5.10 Å². The molecule has 7 heteroatoms. The lowest BCUT2D eigenvalue weighted by atomic mass is 9.87. The fraction of sp³-hybridized carbons (Fsp3) is 0.391. The van der Waals surface area contributed by atoms with Gasteiger partial charge in [-0.25, -0.2) is 4.39 Å². The van der Waals surface area contributed by atoms with Gasteiger partial charge in [0.1, 0.15) is 29.6 Å². The number of rotatable bonds is 3. The number of hydrogen-bond donors (Lipinski definition) is 0. The Morgan fingerprint density at radius 2 is 1.93 bits per heavy atom. The highest BCUT2D eigenvalue weighted by Gasteiger charge is 2.46. The van der Waals surface area contributed by atoms with Crippen LogP contribution < -0.4 is 9.75 Å². The molecule has 30 heavy (non-hydrogen) atoms. The minimum Gasteiger partial charge on any atom is -0.489 e. The van der Waals surface area contributed by atoms with E-state index in [0.29, 0.717) is 37.0 Å². The fourth-order valence-corrected chi connectivity index (χ4v) is 4.58. The summed E-state index contributed by atoms with van der Waals surface area (Å²) >= 11 is 0. The number of halogens is 1. The molecule has 1 saturated heterocycles. The Bertz CT molecular complexity index is 975. The first-order valence-electron chi connectivity index (χ1n) is 10.3. The van der Waals surface area contributed by atoms with Gasteiger partial charge in [-0.1, -0.05) is 30.3 Å². The molecule has 0 aliphatic carbocycles. The van der Waals surface area contributed by atoms with E-state index in [1.165, 1.54) is 12.1 Å². The van der Waals surface area contributed by atoms with Gasteiger partial charge in [0.05, 0.1) is 12.0 Å². The van der Waals surface area contributed by atoms with Crippen LogP contribution in [0.15, 0.2) is 53.6 Å². The third-order valence-corrected chi connectivity index (χ3v) is 6.22. The maximum Gasteiger partial charge on any atom is 0.270 e. The number of fused-ring (bicyclic) bond motifs is 3. The van der Waals surface area contributed by atoms with Crippen LogP contribution in [0.1, 0.15) is 24.3 Å². The van der Waals surface area contributed by atoms with E-state index in [4.69, 9.17) is 14.6 Å². The van der Waals surface area contributed by atoms with E-state index >= 15 is 0 Å². The molecule has 3 aliphatic rings. The van der Waals surface area contributed by atoms with Crippen molar-refractivity contribution in [1.82, 2.24) is 4.90 Å². The molecule has 0 radical (unpaired) electrons. The molecule has 1 amide bonds. The standard InChI is InChI=1S/C23H24FN3O3/c1-26(17-9-11-29-12-10-17)23(28)22-21(15-5-3-2-4-6-15)19-14-30-20-8-7-16(24)13-18(20)27(19)25-22/h2-8,13,17,19,21H,9-12,14H2,1H3/t19-,21+/m0/s1. The van der Waals surface area contributed by atoms with Gasteiger partial charge in [0.25, 0.3) is 5.91 Å². The van der Waals surface area contributed by atoms with Crippen LogP contribution in [-0.2, 0) is 9.53 Å². The quantitative estimate of drug-likeness (QED) is 0.781. The number of amides is 1. The van der Waals surface area contributed by atoms with E-state index in [2.05, 4.69) is 0 Å². The molecule has 6 nitrogen and oxygen atoms in total. The number of anilines is 1. The van der Waals surface area contributed by atoms with Crippen LogP contribution >= 0.6 is 0 Å². The van der Waals surface area contributed by atoms with Gasteiger partial charge in [-0.15, -0.1) is 0 Å². The van der Waals surface area contributed by atoms with Crippen molar-refractivity contribution in [2.75, 3.05) is 31.9 Å². The van der Waals surface area contributed by atoms with Gasteiger partial charge in [-0.3, -0.25) is 9.80 Å². The minimum absolute atomic E-state index is 0.0943. The average Bonchev–Trinajstić information content (AvgIpc) is 3.19. The first kappa shape index (κ1) is 19.1. The van der Waals surface area contributed by atoms with Crippen molar-refractivity contribution in [1.29, 1.82) is 0 Å². The summed E-state index contributed by atoms with van der Waals surface area (Å²) in [6.45, 7) is 1.69. The van der Waals surface area contributed by atoms with E-state index in [-0.39, 0.29) is 29.7 Å². The zero-order valence-corrected chi connectivity index (χ0v) is 16.8. The molecule has 156 valence electrons. The highest BCUT2D eigenvalue weighted by Crippen LogP contribution is 2.43. The summed E-state index contributed by atoms with van der Waals surface area (Å²) in [6, 6.07) is 14.2. The molecule has 0 N–H and O–H groups in total. The number of ether oxygens (including phenoxy) is 2. The van der Waals surface area contributed by atoms with Crippen molar-refractivity contribution < 1.29 is 18.7 Å². The van der Waals surface area contributed by atoms with Crippen LogP contribution in [0.4, 0.5) is 10.1 Å². The number of carbonyl (C=O) groups is 1. The number of hydrazone groups is 1. The molecule has 0 spiro atoms. The number of carbonyl (C=O) groups excluding carboxylic acids is 1. The molecular formula is C23H24FN3O3. The molecule has 2 aromatic carbocycles. The van der Waals surface area contributed by atoms with E-state index < -0.39 is 0 Å². The van der Waals surface area contributed by atoms with Gasteiger partial charge in [-0.05, 0) is 30.5 Å². The van der Waals surface area contributed by atoms with Crippen molar-refractivity contribution >= 4 is 17.3 Å². The predicted octanol–water partition coefficient (Wildman–Crippen LogP) is 3.18. The number of hydrogen-bond acceptors (Lipinski definition) is 5. The molecule has 2 atom stereocenters. The summed E-state index contributed by atoms with van der Waals surface area (Å²) in [5, 5.41) is 6.52. The fourth-order valence-electron chi connectivity index (χ4n) is 4.58. The zero-order chi connectivity index (χ0) is 20.7. The molecular weight excluding hydrogens is 385 g/mol. The second-order valence-electron chi connectivity index (χ2n) is 7.97. The summed E-state index contributed by atoms with van der Waals surface area (Å²) in [5.74, 6) is -0.126. The Balaban J connectivity index is 1.54. The lowest BCUT2D eigenvalue weighted by Crippen LogP contribution is -2.46.